The fourth-order valence-electron chi connectivity index (χ4n) is 0.864. The van der Waals surface area contributed by atoms with Gasteiger partial charge in [-0.3, -0.25) is 4.99 Å². The van der Waals surface area contributed by atoms with Crippen LogP contribution in [0.5, 0.6) is 0 Å². The third-order valence-electron chi connectivity index (χ3n) is 1.82. The van der Waals surface area contributed by atoms with Gasteiger partial charge in [0.05, 0.1) is 5.84 Å². The smallest absolute Gasteiger partial charge is 0.327 e. The Morgan fingerprint density at radius 3 is 2.67 bits per heavy atom. The van der Waals surface area contributed by atoms with E-state index in [4.69, 9.17) is 16.6 Å². The highest BCUT2D eigenvalue weighted by molar-refractivity contribution is 5.80. The van der Waals surface area contributed by atoms with E-state index >= 15 is 0 Å². The third-order valence-corrected chi connectivity index (χ3v) is 1.82. The normalized spacial score (nSPS) is 16.6. The molecule has 5 N–H and O–H groups in total. The predicted octanol–water partition coefficient (Wildman–Crippen LogP) is 0.502. The lowest BCUT2D eigenvalue weighted by molar-refractivity contribution is -0.140. The Balaban J connectivity index is 3.82. The average molecular weight is 213 g/mol. The number of nitrogens with zero attached hydrogens (tertiary/aromatic N) is 1. The van der Waals surface area contributed by atoms with Crippen LogP contribution in [0.2, 0.25) is 0 Å². The number of carbonyl (C=O) groups is 1. The maximum absolute atomic E-state index is 10.6. The Morgan fingerprint density at radius 2 is 2.20 bits per heavy atom. The van der Waals surface area contributed by atoms with E-state index in [1.165, 1.54) is 13.0 Å². The molecule has 1 unspecified atom stereocenters. The molecule has 0 aliphatic rings. The Kier molecular flexibility index (Phi) is 5.62. The number of hydrogen-bond donors (Lipinski definition) is 3. The van der Waals surface area contributed by atoms with Crippen molar-refractivity contribution in [3.8, 4) is 0 Å². The zero-order valence-electron chi connectivity index (χ0n) is 9.23. The summed E-state index contributed by atoms with van der Waals surface area (Å²) < 4.78 is 0. The van der Waals surface area contributed by atoms with Crippen LogP contribution in [-0.4, -0.2) is 29.0 Å². The second-order valence-electron chi connectivity index (χ2n) is 3.66. The summed E-state index contributed by atoms with van der Waals surface area (Å²) >= 11 is 0. The first-order valence-corrected chi connectivity index (χ1v) is 4.83. The lowest BCUT2D eigenvalue weighted by atomic mass is 10.0. The number of unbranched alkanes of at least 4 members (excludes halogenated alkanes) is 1. The molecule has 0 bridgehead atoms. The van der Waals surface area contributed by atoms with Crippen molar-refractivity contribution in [2.24, 2.45) is 16.5 Å². The van der Waals surface area contributed by atoms with E-state index in [0.717, 1.165) is 12.8 Å². The van der Waals surface area contributed by atoms with Crippen LogP contribution in [-0.2, 0) is 4.79 Å². The molecule has 0 aromatic rings. The molecule has 1 atom stereocenters. The van der Waals surface area contributed by atoms with Crippen molar-refractivity contribution in [1.82, 2.24) is 0 Å². The van der Waals surface area contributed by atoms with Gasteiger partial charge in [-0.1, -0.05) is 12.2 Å². The molecule has 15 heavy (non-hydrogen) atoms. The first-order chi connectivity index (χ1) is 6.86. The van der Waals surface area contributed by atoms with Crippen molar-refractivity contribution in [3.05, 3.63) is 12.2 Å². The second kappa shape index (κ2) is 6.19. The van der Waals surface area contributed by atoms with Gasteiger partial charge < -0.3 is 16.6 Å². The first-order valence-electron chi connectivity index (χ1n) is 4.83. The summed E-state index contributed by atoms with van der Waals surface area (Å²) in [4.78, 5) is 14.6. The number of aliphatic imine (C=N–C) groups is 1. The molecular formula is C10H19N3O2. The highest BCUT2D eigenvalue weighted by Gasteiger charge is 2.23. The molecule has 0 rings (SSSR count). The van der Waals surface area contributed by atoms with Gasteiger partial charge in [-0.25, -0.2) is 4.79 Å². The molecular weight excluding hydrogens is 194 g/mol. The number of amidine groups is 1. The lowest BCUT2D eigenvalue weighted by Crippen LogP contribution is -2.42. The van der Waals surface area contributed by atoms with Gasteiger partial charge in [-0.15, -0.1) is 0 Å². The van der Waals surface area contributed by atoms with Crippen LogP contribution in [0.25, 0.3) is 0 Å². The summed E-state index contributed by atoms with van der Waals surface area (Å²) in [5.41, 5.74) is 9.55. The molecule has 0 amide bonds. The van der Waals surface area contributed by atoms with Crippen LogP contribution in [0.4, 0.5) is 0 Å². The fourth-order valence-corrected chi connectivity index (χ4v) is 0.864. The Morgan fingerprint density at radius 1 is 1.60 bits per heavy atom. The Labute approximate surface area is 89.9 Å². The number of carboxylic acid groups (broad SMARTS) is 1. The quantitative estimate of drug-likeness (QED) is 0.259. The topological polar surface area (TPSA) is 102 Å². The second-order valence-corrected chi connectivity index (χ2v) is 3.66. The molecule has 5 nitrogen and oxygen atoms in total. The largest absolute Gasteiger partial charge is 0.480 e. The number of allylic oxidation sites excluding steroid dienone is 1. The summed E-state index contributed by atoms with van der Waals surface area (Å²) in [6.45, 7) is 3.84. The van der Waals surface area contributed by atoms with Gasteiger partial charge in [0, 0.05) is 6.54 Å². The SMILES string of the molecule is CC(N)=NCCCC=CC(C)(N)C(=O)O. The predicted molar refractivity (Wildman–Crippen MR) is 60.8 cm³/mol. The average Bonchev–Trinajstić information content (AvgIpc) is 2.10. The number of hydrogen-bond acceptors (Lipinski definition) is 3. The van der Waals surface area contributed by atoms with Gasteiger partial charge in [0.15, 0.2) is 0 Å². The molecule has 0 aromatic heterocycles. The lowest BCUT2D eigenvalue weighted by Gasteiger charge is -2.12. The van der Waals surface area contributed by atoms with Gasteiger partial charge in [0.2, 0.25) is 0 Å². The van der Waals surface area contributed by atoms with Gasteiger partial charge in [-0.2, -0.15) is 0 Å². The first kappa shape index (κ1) is 13.6. The standard InChI is InChI=1S/C10H19N3O2/c1-8(11)13-7-5-3-4-6-10(2,12)9(14)15/h4,6H,3,5,7,12H2,1-2H3,(H2,11,13)(H,14,15). The minimum absolute atomic E-state index is 0.563. The van der Waals surface area contributed by atoms with Crippen LogP contribution in [0.3, 0.4) is 0 Å². The van der Waals surface area contributed by atoms with Gasteiger partial charge in [0.1, 0.15) is 5.54 Å². The highest BCUT2D eigenvalue weighted by Crippen LogP contribution is 2.03. The summed E-state index contributed by atoms with van der Waals surface area (Å²) in [5, 5.41) is 8.70. The van der Waals surface area contributed by atoms with Crippen molar-refractivity contribution in [1.29, 1.82) is 0 Å². The van der Waals surface area contributed by atoms with Crippen LogP contribution in [0, 0.1) is 0 Å². The van der Waals surface area contributed by atoms with Crippen molar-refractivity contribution in [2.75, 3.05) is 6.54 Å². The van der Waals surface area contributed by atoms with E-state index in [9.17, 15) is 4.79 Å². The van der Waals surface area contributed by atoms with E-state index in [-0.39, 0.29) is 0 Å². The van der Waals surface area contributed by atoms with Crippen LogP contribution < -0.4 is 11.5 Å². The molecule has 0 saturated heterocycles. The third kappa shape index (κ3) is 6.68. The highest BCUT2D eigenvalue weighted by atomic mass is 16.4. The number of aliphatic carboxylic acids is 1. The van der Waals surface area contributed by atoms with Crippen molar-refractivity contribution in [2.45, 2.75) is 32.2 Å². The van der Waals surface area contributed by atoms with E-state index < -0.39 is 11.5 Å². The van der Waals surface area contributed by atoms with Crippen molar-refractivity contribution in [3.63, 3.8) is 0 Å². The summed E-state index contributed by atoms with van der Waals surface area (Å²) in [6, 6.07) is 0. The molecule has 0 saturated carbocycles. The zero-order valence-corrected chi connectivity index (χ0v) is 9.23. The fraction of sp³-hybridized carbons (Fsp3) is 0.600. The molecule has 0 radical (unpaired) electrons. The van der Waals surface area contributed by atoms with Gasteiger partial charge >= 0.3 is 5.97 Å². The summed E-state index contributed by atoms with van der Waals surface area (Å²) in [5.74, 6) is -0.470. The molecule has 0 aliphatic heterocycles. The maximum atomic E-state index is 10.6. The maximum Gasteiger partial charge on any atom is 0.327 e. The molecule has 86 valence electrons. The Hall–Kier alpha value is -1.36. The summed E-state index contributed by atoms with van der Waals surface area (Å²) in [7, 11) is 0. The molecule has 0 aliphatic carbocycles. The van der Waals surface area contributed by atoms with Gasteiger partial charge in [0.25, 0.3) is 0 Å². The number of nitrogens with two attached hydrogens (primary N) is 2. The zero-order chi connectivity index (χ0) is 11.9. The van der Waals surface area contributed by atoms with Crippen LogP contribution >= 0.6 is 0 Å². The number of carboxylic acids is 1. The van der Waals surface area contributed by atoms with E-state index in [0.29, 0.717) is 12.4 Å². The van der Waals surface area contributed by atoms with E-state index in [1.54, 1.807) is 13.0 Å². The van der Waals surface area contributed by atoms with E-state index in [2.05, 4.69) is 4.99 Å². The molecule has 0 aromatic carbocycles. The molecule has 0 heterocycles. The van der Waals surface area contributed by atoms with Gasteiger partial charge in [-0.05, 0) is 26.7 Å². The monoisotopic (exact) mass is 213 g/mol. The number of rotatable bonds is 6. The summed E-state index contributed by atoms with van der Waals surface area (Å²) in [6.07, 6.45) is 4.83. The molecule has 0 fully saturated rings. The van der Waals surface area contributed by atoms with Crippen molar-refractivity contribution < 1.29 is 9.90 Å². The minimum Gasteiger partial charge on any atom is -0.480 e. The van der Waals surface area contributed by atoms with Crippen molar-refractivity contribution >= 4 is 11.8 Å². The van der Waals surface area contributed by atoms with Crippen LogP contribution in [0.15, 0.2) is 17.1 Å². The Bertz CT molecular complexity index is 266. The molecule has 0 spiro atoms. The van der Waals surface area contributed by atoms with E-state index in [1.807, 2.05) is 0 Å². The molecule has 5 heteroatoms. The minimum atomic E-state index is -1.28. The van der Waals surface area contributed by atoms with Crippen LogP contribution in [0.1, 0.15) is 26.7 Å².